The van der Waals surface area contributed by atoms with Crippen LogP contribution in [0.25, 0.3) is 44.7 Å². The maximum Gasteiger partial charge on any atom is 0.265 e. The number of nitrogens with zero attached hydrogens (tertiary/aromatic N) is 9. The molecule has 6 heterocycles. The molecule has 8 aromatic rings. The molecule has 6 N–H and O–H groups in total. The van der Waals surface area contributed by atoms with Crippen LogP contribution in [0.5, 0.6) is 0 Å². The van der Waals surface area contributed by atoms with E-state index in [4.69, 9.17) is 0 Å². The summed E-state index contributed by atoms with van der Waals surface area (Å²) >= 11 is 0. The number of carbonyl (C=O) groups is 2. The van der Waals surface area contributed by atoms with Gasteiger partial charge in [0.25, 0.3) is 11.8 Å². The van der Waals surface area contributed by atoms with Crippen LogP contribution in [0.4, 0.5) is 57.6 Å². The third-order valence-corrected chi connectivity index (χ3v) is 14.7. The SMILES string of the molecule is Cc1nc2c(Nc3ccc(-c4cnn(CC5C(C(=O)Nc6cc(Nc7ccc(-c8ccn(C)n8)cc7S(C)(=O)=O)c7nc(C)[nH]c7n6)C5(F)F)c4)cc3N(C)S(C)(=O)=O)cc(NC(=O)C3CC3(F)F)nc2[nH]1. The van der Waals surface area contributed by atoms with Crippen molar-refractivity contribution < 1.29 is 44.0 Å². The van der Waals surface area contributed by atoms with E-state index in [9.17, 15) is 35.2 Å². The number of carbonyl (C=O) groups excluding carboxylic acids is 2. The number of halogens is 4. The van der Waals surface area contributed by atoms with Crippen molar-refractivity contribution in [2.24, 2.45) is 24.8 Å². The molecule has 10 rings (SSSR count). The molecule has 2 aromatic carbocycles. The summed E-state index contributed by atoms with van der Waals surface area (Å²) in [6.45, 7) is 2.95. The molecule has 2 saturated carbocycles. The molecule has 72 heavy (non-hydrogen) atoms. The Morgan fingerprint density at radius 1 is 0.778 bits per heavy atom. The Bertz CT molecular complexity index is 3780. The molecule has 2 fully saturated rings. The predicted molar refractivity (Wildman–Crippen MR) is 259 cm³/mol. The molecular weight excluding hydrogens is 987 g/mol. The highest BCUT2D eigenvalue weighted by molar-refractivity contribution is 7.92. The molecular formula is C45H43F4N15O6S2. The van der Waals surface area contributed by atoms with Gasteiger partial charge in [0.15, 0.2) is 21.1 Å². The fraction of sp³-hybridized carbons (Fsp3) is 0.289. The van der Waals surface area contributed by atoms with Gasteiger partial charge in [-0.3, -0.25) is 23.3 Å². The molecule has 0 spiro atoms. The van der Waals surface area contributed by atoms with E-state index in [1.165, 1.54) is 48.4 Å². The summed E-state index contributed by atoms with van der Waals surface area (Å²) in [6.07, 6.45) is 6.08. The van der Waals surface area contributed by atoms with Crippen LogP contribution in [0, 0.1) is 31.6 Å². The summed E-state index contributed by atoms with van der Waals surface area (Å²) in [5, 5.41) is 19.8. The van der Waals surface area contributed by atoms with E-state index in [-0.39, 0.29) is 62.8 Å². The highest BCUT2D eigenvalue weighted by atomic mass is 32.2. The van der Waals surface area contributed by atoms with Crippen LogP contribution in [0.2, 0.25) is 0 Å². The molecule has 2 amide bonds. The second kappa shape index (κ2) is 16.8. The smallest absolute Gasteiger partial charge is 0.265 e. The zero-order chi connectivity index (χ0) is 51.4. The lowest BCUT2D eigenvalue weighted by Crippen LogP contribution is -2.25. The number of sulfonamides is 1. The highest BCUT2D eigenvalue weighted by Crippen LogP contribution is 2.56. The quantitative estimate of drug-likeness (QED) is 0.0598. The molecule has 2 aliphatic carbocycles. The summed E-state index contributed by atoms with van der Waals surface area (Å²) in [5.74, 6) is -12.5. The average molecular weight is 1030 g/mol. The Kier molecular flexibility index (Phi) is 11.2. The number of benzene rings is 2. The van der Waals surface area contributed by atoms with Gasteiger partial charge in [0.1, 0.15) is 46.2 Å². The topological polar surface area (TPSA) is 273 Å². The zero-order valence-corrected chi connectivity index (χ0v) is 40.5. The molecule has 0 radical (unpaired) electrons. The van der Waals surface area contributed by atoms with Crippen molar-refractivity contribution in [2.45, 2.75) is 43.6 Å². The Morgan fingerprint density at radius 2 is 1.36 bits per heavy atom. The number of hydrogen-bond donors (Lipinski definition) is 6. The molecule has 3 unspecified atom stereocenters. The number of H-pyrrole nitrogens is 2. The molecule has 0 aliphatic heterocycles. The molecule has 27 heteroatoms. The first-order chi connectivity index (χ1) is 33.8. The van der Waals surface area contributed by atoms with Crippen molar-refractivity contribution in [3.63, 3.8) is 0 Å². The van der Waals surface area contributed by atoms with Crippen molar-refractivity contribution in [1.82, 2.24) is 49.5 Å². The van der Waals surface area contributed by atoms with Gasteiger partial charge in [0.2, 0.25) is 21.8 Å². The van der Waals surface area contributed by atoms with Gasteiger partial charge in [-0.1, -0.05) is 12.1 Å². The number of aromatic amines is 2. The van der Waals surface area contributed by atoms with Gasteiger partial charge in [-0.2, -0.15) is 10.2 Å². The van der Waals surface area contributed by atoms with Gasteiger partial charge in [0, 0.05) is 62.4 Å². The van der Waals surface area contributed by atoms with Crippen LogP contribution in [-0.2, 0) is 43.0 Å². The van der Waals surface area contributed by atoms with Crippen molar-refractivity contribution in [2.75, 3.05) is 45.1 Å². The number of alkyl halides is 4. The van der Waals surface area contributed by atoms with Crippen LogP contribution in [0.3, 0.4) is 0 Å². The number of fused-ring (bicyclic) bond motifs is 2. The molecule has 0 saturated heterocycles. The summed E-state index contributed by atoms with van der Waals surface area (Å²) in [5.41, 5.74) is 4.03. The van der Waals surface area contributed by atoms with Gasteiger partial charge in [0.05, 0.1) is 63.9 Å². The van der Waals surface area contributed by atoms with Crippen molar-refractivity contribution >= 4 is 94.1 Å². The fourth-order valence-electron chi connectivity index (χ4n) is 8.44. The van der Waals surface area contributed by atoms with E-state index in [0.29, 0.717) is 45.1 Å². The average Bonchev–Trinajstić information content (AvgIpc) is 3.67. The Hall–Kier alpha value is -7.94. The largest absolute Gasteiger partial charge is 0.352 e. The molecule has 21 nitrogen and oxygen atoms in total. The number of sulfone groups is 1. The highest BCUT2D eigenvalue weighted by Gasteiger charge is 2.72. The maximum absolute atomic E-state index is 15.6. The van der Waals surface area contributed by atoms with Gasteiger partial charge in [-0.15, -0.1) is 0 Å². The zero-order valence-electron chi connectivity index (χ0n) is 38.9. The maximum atomic E-state index is 15.6. The van der Waals surface area contributed by atoms with Crippen molar-refractivity contribution in [3.05, 3.63) is 84.8 Å². The normalized spacial score (nSPS) is 18.0. The first kappa shape index (κ1) is 47.7. The summed E-state index contributed by atoms with van der Waals surface area (Å²) in [6, 6.07) is 14.0. The van der Waals surface area contributed by atoms with E-state index in [1.54, 1.807) is 62.1 Å². The molecule has 6 aromatic heterocycles. The van der Waals surface area contributed by atoms with Gasteiger partial charge in [-0.05, 0) is 49.7 Å². The molecule has 0 bridgehead atoms. The minimum absolute atomic E-state index is 0.0498. The fourth-order valence-corrected chi connectivity index (χ4v) is 9.81. The minimum atomic E-state index is -3.89. The number of imidazole rings is 2. The predicted octanol–water partition coefficient (Wildman–Crippen LogP) is 6.51. The standard InChI is InChI=1S/C45H43F4N15O6S2/c1-21-51-38-31(15-35(57-40(38)53-21)59-42(65)26-17-44(26,46)47)55-29-9-7-23(13-33(29)63(4)72(6,69)70)25-18-50-64(19-25)20-27-37(45(27,48)49)43(66)60-36-16-32(39-41(58-36)54-22(2)52-39)56-30-10-8-24(14-34(30)71(5,67)68)28-11-12-62(3)61-28/h7-16,18-19,26-27,37H,17,20H2,1-6H3,(H3,51,53,55,57,59,65)(H3,52,54,56,58,60,66). The summed E-state index contributed by atoms with van der Waals surface area (Å²) < 4.78 is 114. The monoisotopic (exact) mass is 1030 g/mol. The Morgan fingerprint density at radius 3 is 1.93 bits per heavy atom. The summed E-state index contributed by atoms with van der Waals surface area (Å²) in [4.78, 5) is 49.7. The van der Waals surface area contributed by atoms with Crippen LogP contribution < -0.4 is 25.6 Å². The van der Waals surface area contributed by atoms with Gasteiger partial charge in [-0.25, -0.2) is 54.3 Å². The molecule has 374 valence electrons. The number of aromatic nitrogens is 10. The van der Waals surface area contributed by atoms with E-state index < -0.39 is 67.7 Å². The van der Waals surface area contributed by atoms with E-state index in [0.717, 1.165) is 16.8 Å². The van der Waals surface area contributed by atoms with E-state index in [1.807, 2.05) is 0 Å². The van der Waals surface area contributed by atoms with E-state index in [2.05, 4.69) is 61.4 Å². The number of hydrogen-bond acceptors (Lipinski definition) is 14. The third kappa shape index (κ3) is 9.15. The number of anilines is 7. The second-order valence-electron chi connectivity index (χ2n) is 17.9. The number of pyridine rings is 2. The van der Waals surface area contributed by atoms with Crippen LogP contribution in [-0.4, -0.2) is 110 Å². The lowest BCUT2D eigenvalue weighted by atomic mass is 10.1. The number of rotatable bonds is 15. The first-order valence-corrected chi connectivity index (χ1v) is 25.7. The number of amides is 2. The third-order valence-electron chi connectivity index (χ3n) is 12.4. The van der Waals surface area contributed by atoms with Crippen LogP contribution in [0.15, 0.2) is 78.1 Å². The van der Waals surface area contributed by atoms with Crippen LogP contribution >= 0.6 is 0 Å². The second-order valence-corrected chi connectivity index (χ2v) is 21.9. The lowest BCUT2D eigenvalue weighted by molar-refractivity contribution is -0.120. The molecule has 2 aliphatic rings. The lowest BCUT2D eigenvalue weighted by Gasteiger charge is -2.22. The van der Waals surface area contributed by atoms with Gasteiger partial charge < -0.3 is 31.2 Å². The van der Waals surface area contributed by atoms with Crippen molar-refractivity contribution in [3.8, 4) is 22.4 Å². The van der Waals surface area contributed by atoms with Crippen LogP contribution in [0.1, 0.15) is 18.1 Å². The van der Waals surface area contributed by atoms with E-state index >= 15 is 8.78 Å². The summed E-state index contributed by atoms with van der Waals surface area (Å²) in [7, 11) is -4.64. The van der Waals surface area contributed by atoms with Crippen molar-refractivity contribution in [1.29, 1.82) is 0 Å². The number of nitrogens with one attached hydrogen (secondary N) is 6. The Labute approximate surface area is 406 Å². The minimum Gasteiger partial charge on any atom is -0.352 e. The Balaban J connectivity index is 0.873. The van der Waals surface area contributed by atoms with Gasteiger partial charge >= 0.3 is 0 Å². The number of aryl methyl sites for hydroxylation is 3. The first-order valence-electron chi connectivity index (χ1n) is 21.9. The molecule has 3 atom stereocenters.